The molecule has 16 heavy (non-hydrogen) atoms. The molecule has 2 fully saturated rings. The van der Waals surface area contributed by atoms with Crippen LogP contribution < -0.4 is 5.73 Å². The van der Waals surface area contributed by atoms with Crippen LogP contribution in [0.25, 0.3) is 0 Å². The van der Waals surface area contributed by atoms with Gasteiger partial charge in [-0.25, -0.2) is 0 Å². The molecule has 2 aliphatic heterocycles. The summed E-state index contributed by atoms with van der Waals surface area (Å²) in [6.07, 6.45) is 4.63. The van der Waals surface area contributed by atoms with E-state index >= 15 is 0 Å². The number of piperidine rings is 1. The normalized spacial score (nSPS) is 29.4. The van der Waals surface area contributed by atoms with Crippen molar-refractivity contribution in [2.24, 2.45) is 5.73 Å². The molecule has 0 saturated carbocycles. The van der Waals surface area contributed by atoms with Gasteiger partial charge < -0.3 is 10.6 Å². The van der Waals surface area contributed by atoms with Crippen LogP contribution in [0.5, 0.6) is 0 Å². The molecule has 0 radical (unpaired) electrons. The first-order chi connectivity index (χ1) is 7.68. The number of rotatable bonds is 2. The average molecular weight is 225 g/mol. The molecule has 2 rings (SSSR count). The summed E-state index contributed by atoms with van der Waals surface area (Å²) in [6.45, 7) is 5.77. The lowest BCUT2D eigenvalue weighted by molar-refractivity contribution is -0.136. The van der Waals surface area contributed by atoms with E-state index in [1.54, 1.807) is 0 Å². The van der Waals surface area contributed by atoms with E-state index in [2.05, 4.69) is 4.90 Å². The van der Waals surface area contributed by atoms with E-state index < -0.39 is 0 Å². The zero-order chi connectivity index (χ0) is 11.5. The van der Waals surface area contributed by atoms with Gasteiger partial charge in [-0.15, -0.1) is 0 Å². The van der Waals surface area contributed by atoms with Gasteiger partial charge in [0.05, 0.1) is 6.04 Å². The topological polar surface area (TPSA) is 49.6 Å². The fourth-order valence-corrected chi connectivity index (χ4v) is 2.70. The summed E-state index contributed by atoms with van der Waals surface area (Å²) in [5, 5.41) is 0. The number of carbonyl (C=O) groups is 1. The predicted molar refractivity (Wildman–Crippen MR) is 64.1 cm³/mol. The van der Waals surface area contributed by atoms with Gasteiger partial charge in [0.25, 0.3) is 0 Å². The third kappa shape index (κ3) is 2.55. The molecule has 0 aromatic carbocycles. The molecule has 0 aromatic rings. The molecule has 92 valence electrons. The highest BCUT2D eigenvalue weighted by atomic mass is 16.2. The monoisotopic (exact) mass is 225 g/mol. The second-order valence-corrected chi connectivity index (χ2v) is 5.11. The Morgan fingerprint density at radius 3 is 2.50 bits per heavy atom. The molecular weight excluding hydrogens is 202 g/mol. The molecule has 4 heteroatoms. The summed E-state index contributed by atoms with van der Waals surface area (Å²) >= 11 is 0. The molecule has 4 nitrogen and oxygen atoms in total. The van der Waals surface area contributed by atoms with Crippen molar-refractivity contribution >= 4 is 5.91 Å². The van der Waals surface area contributed by atoms with Crippen LogP contribution in [0.1, 0.15) is 32.6 Å². The van der Waals surface area contributed by atoms with Crippen LogP contribution in [-0.4, -0.2) is 54.0 Å². The van der Waals surface area contributed by atoms with Gasteiger partial charge in [0, 0.05) is 32.2 Å². The van der Waals surface area contributed by atoms with Crippen molar-refractivity contribution in [2.45, 2.75) is 44.7 Å². The van der Waals surface area contributed by atoms with E-state index in [1.165, 1.54) is 6.42 Å². The number of nitrogens with two attached hydrogens (primary N) is 1. The second kappa shape index (κ2) is 5.15. The predicted octanol–water partition coefficient (Wildman–Crippen LogP) is 0.420. The highest BCUT2D eigenvalue weighted by molar-refractivity contribution is 5.81. The van der Waals surface area contributed by atoms with Crippen molar-refractivity contribution in [3.8, 4) is 0 Å². The quantitative estimate of drug-likeness (QED) is 0.741. The first-order valence-corrected chi connectivity index (χ1v) is 6.47. The smallest absolute Gasteiger partial charge is 0.239 e. The fraction of sp³-hybridized carbons (Fsp3) is 0.917. The molecule has 2 unspecified atom stereocenters. The van der Waals surface area contributed by atoms with Gasteiger partial charge in [0.15, 0.2) is 0 Å². The molecule has 2 atom stereocenters. The molecule has 2 heterocycles. The van der Waals surface area contributed by atoms with E-state index in [-0.39, 0.29) is 12.1 Å². The lowest BCUT2D eigenvalue weighted by atomic mass is 10.1. The minimum Gasteiger partial charge on any atom is -0.341 e. The minimum atomic E-state index is 0.0200. The van der Waals surface area contributed by atoms with Crippen LogP contribution in [0.3, 0.4) is 0 Å². The van der Waals surface area contributed by atoms with E-state index in [9.17, 15) is 4.79 Å². The maximum absolute atomic E-state index is 12.2. The Bertz CT molecular complexity index is 251. The van der Waals surface area contributed by atoms with Crippen LogP contribution in [0.2, 0.25) is 0 Å². The van der Waals surface area contributed by atoms with Crippen LogP contribution in [0, 0.1) is 0 Å². The average Bonchev–Trinajstić information content (AvgIpc) is 2.75. The lowest BCUT2D eigenvalue weighted by Crippen LogP contribution is -2.48. The highest BCUT2D eigenvalue weighted by Crippen LogP contribution is 2.16. The Morgan fingerprint density at radius 1 is 1.25 bits per heavy atom. The fourth-order valence-electron chi connectivity index (χ4n) is 2.70. The van der Waals surface area contributed by atoms with Crippen molar-refractivity contribution in [1.29, 1.82) is 0 Å². The van der Waals surface area contributed by atoms with Gasteiger partial charge in [0.1, 0.15) is 0 Å². The largest absolute Gasteiger partial charge is 0.341 e. The summed E-state index contributed by atoms with van der Waals surface area (Å²) in [5.74, 6) is 0.300. The lowest BCUT2D eigenvalue weighted by Gasteiger charge is -2.32. The standard InChI is InChI=1S/C12H23N3O/c1-10(15-8-5-11(13)9-15)12(16)14-6-3-2-4-7-14/h10-11H,2-9,13H2,1H3. The van der Waals surface area contributed by atoms with Gasteiger partial charge >= 0.3 is 0 Å². The maximum Gasteiger partial charge on any atom is 0.239 e. The highest BCUT2D eigenvalue weighted by Gasteiger charge is 2.30. The molecule has 0 bridgehead atoms. The Hall–Kier alpha value is -0.610. The molecule has 2 aliphatic rings. The number of hydrogen-bond acceptors (Lipinski definition) is 3. The molecule has 0 aromatic heterocycles. The van der Waals surface area contributed by atoms with Crippen molar-refractivity contribution in [2.75, 3.05) is 26.2 Å². The van der Waals surface area contributed by atoms with Gasteiger partial charge in [-0.1, -0.05) is 0 Å². The number of likely N-dealkylation sites (tertiary alicyclic amines) is 2. The maximum atomic E-state index is 12.2. The first kappa shape index (κ1) is 11.9. The Kier molecular flexibility index (Phi) is 3.82. The number of carbonyl (C=O) groups excluding carboxylic acids is 1. The van der Waals surface area contributed by atoms with Crippen LogP contribution >= 0.6 is 0 Å². The number of hydrogen-bond donors (Lipinski definition) is 1. The number of amides is 1. The summed E-state index contributed by atoms with van der Waals surface area (Å²) in [5.41, 5.74) is 5.87. The van der Waals surface area contributed by atoms with Crippen LogP contribution in [-0.2, 0) is 4.79 Å². The van der Waals surface area contributed by atoms with E-state index in [1.807, 2.05) is 11.8 Å². The van der Waals surface area contributed by atoms with E-state index in [0.717, 1.165) is 45.4 Å². The Labute approximate surface area is 97.8 Å². The van der Waals surface area contributed by atoms with Gasteiger partial charge in [-0.3, -0.25) is 9.69 Å². The van der Waals surface area contributed by atoms with Crippen molar-refractivity contribution in [1.82, 2.24) is 9.80 Å². The Morgan fingerprint density at radius 2 is 1.94 bits per heavy atom. The molecular formula is C12H23N3O. The molecule has 2 N–H and O–H groups in total. The third-order valence-electron chi connectivity index (χ3n) is 3.83. The zero-order valence-electron chi connectivity index (χ0n) is 10.2. The summed E-state index contributed by atoms with van der Waals surface area (Å²) in [6, 6.07) is 0.281. The molecule has 0 aliphatic carbocycles. The molecule has 2 saturated heterocycles. The molecule has 0 spiro atoms. The van der Waals surface area contributed by atoms with Crippen molar-refractivity contribution in [3.05, 3.63) is 0 Å². The summed E-state index contributed by atoms with van der Waals surface area (Å²) in [4.78, 5) is 16.5. The molecule has 1 amide bonds. The van der Waals surface area contributed by atoms with Crippen molar-refractivity contribution < 1.29 is 4.79 Å². The minimum absolute atomic E-state index is 0.0200. The third-order valence-corrected chi connectivity index (χ3v) is 3.83. The van der Waals surface area contributed by atoms with Gasteiger partial charge in [-0.05, 0) is 32.6 Å². The van der Waals surface area contributed by atoms with E-state index in [4.69, 9.17) is 5.73 Å². The van der Waals surface area contributed by atoms with Gasteiger partial charge in [-0.2, -0.15) is 0 Å². The van der Waals surface area contributed by atoms with Crippen LogP contribution in [0.4, 0.5) is 0 Å². The van der Waals surface area contributed by atoms with Crippen molar-refractivity contribution in [3.63, 3.8) is 0 Å². The SMILES string of the molecule is CC(C(=O)N1CCCCC1)N1CCC(N)C1. The van der Waals surface area contributed by atoms with E-state index in [0.29, 0.717) is 5.91 Å². The summed E-state index contributed by atoms with van der Waals surface area (Å²) in [7, 11) is 0. The zero-order valence-corrected chi connectivity index (χ0v) is 10.2. The van der Waals surface area contributed by atoms with Gasteiger partial charge in [0.2, 0.25) is 5.91 Å². The number of nitrogens with zero attached hydrogens (tertiary/aromatic N) is 2. The van der Waals surface area contributed by atoms with Crippen LogP contribution in [0.15, 0.2) is 0 Å². The Balaban J connectivity index is 1.88. The summed E-state index contributed by atoms with van der Waals surface area (Å²) < 4.78 is 0. The first-order valence-electron chi connectivity index (χ1n) is 6.47. The second-order valence-electron chi connectivity index (χ2n) is 5.11.